The summed E-state index contributed by atoms with van der Waals surface area (Å²) in [5.41, 5.74) is 0. The van der Waals surface area contributed by atoms with Gasteiger partial charge in [-0.3, -0.25) is 0 Å². The van der Waals surface area contributed by atoms with Crippen molar-refractivity contribution in [3.63, 3.8) is 0 Å². The van der Waals surface area contributed by atoms with Crippen LogP contribution in [0.15, 0.2) is 18.7 Å². The summed E-state index contributed by atoms with van der Waals surface area (Å²) in [6.07, 6.45) is 22.9. The van der Waals surface area contributed by atoms with Gasteiger partial charge in [0.1, 0.15) is 24.5 Å². The molecule has 0 saturated heterocycles. The zero-order valence-electron chi connectivity index (χ0n) is 15.5. The molecule has 0 spiro atoms. The van der Waals surface area contributed by atoms with Crippen LogP contribution in [0.2, 0.25) is 0 Å². The molecule has 8 aliphatic rings. The normalized spacial score (nSPS) is 55.2. The van der Waals surface area contributed by atoms with Crippen LogP contribution in [0.4, 0.5) is 0 Å². The van der Waals surface area contributed by atoms with Crippen molar-refractivity contribution in [2.24, 2.45) is 47.3 Å². The summed E-state index contributed by atoms with van der Waals surface area (Å²) in [6, 6.07) is 1.68. The van der Waals surface area contributed by atoms with E-state index in [1.807, 2.05) is 0 Å². The monoisotopic (exact) mass is 337 g/mol. The maximum atomic E-state index is 2.69. The zero-order chi connectivity index (χ0) is 16.1. The molecule has 0 unspecified atom stereocenters. The minimum Gasteiger partial charge on any atom is -0.234 e. The van der Waals surface area contributed by atoms with Crippen LogP contribution in [0, 0.1) is 47.3 Å². The van der Waals surface area contributed by atoms with Gasteiger partial charge < -0.3 is 0 Å². The quantitative estimate of drug-likeness (QED) is 0.687. The molecule has 8 aliphatic carbocycles. The van der Waals surface area contributed by atoms with E-state index in [0.717, 1.165) is 59.4 Å². The largest absolute Gasteiger partial charge is 0.244 e. The summed E-state index contributed by atoms with van der Waals surface area (Å²) in [7, 11) is 0. The number of hydrogen-bond donors (Lipinski definition) is 0. The van der Waals surface area contributed by atoms with E-state index in [4.69, 9.17) is 0 Å². The van der Waals surface area contributed by atoms with Gasteiger partial charge in [0.2, 0.25) is 6.33 Å². The van der Waals surface area contributed by atoms with Crippen molar-refractivity contribution in [2.75, 3.05) is 0 Å². The van der Waals surface area contributed by atoms with Gasteiger partial charge in [-0.2, -0.15) is 0 Å². The Morgan fingerprint density at radius 2 is 1.08 bits per heavy atom. The van der Waals surface area contributed by atoms with Gasteiger partial charge in [-0.15, -0.1) is 0 Å². The molecule has 8 saturated carbocycles. The summed E-state index contributed by atoms with van der Waals surface area (Å²) >= 11 is 0. The standard InChI is InChI=1S/C23H33N2/c1-2-25(23-20-9-16-4-17(11-20)12-21(23)10-16)13-24(1)22-18-5-14-3-15(7-18)8-19(22)6-14/h1-2,13-23H,3-12H2/q+1. The maximum absolute atomic E-state index is 2.69. The first kappa shape index (κ1) is 14.3. The Morgan fingerprint density at radius 1 is 0.600 bits per heavy atom. The van der Waals surface area contributed by atoms with Crippen molar-refractivity contribution < 1.29 is 4.57 Å². The lowest BCUT2D eigenvalue weighted by Gasteiger charge is -2.53. The van der Waals surface area contributed by atoms with Gasteiger partial charge in [-0.1, -0.05) is 0 Å². The Hall–Kier alpha value is -0.790. The van der Waals surface area contributed by atoms with E-state index in [1.165, 1.54) is 51.4 Å². The van der Waals surface area contributed by atoms with E-state index in [-0.39, 0.29) is 0 Å². The zero-order valence-corrected chi connectivity index (χ0v) is 15.5. The fourth-order valence-corrected chi connectivity index (χ4v) is 9.50. The minimum absolute atomic E-state index is 0.839. The number of nitrogens with zero attached hydrogens (tertiary/aromatic N) is 2. The molecule has 134 valence electrons. The topological polar surface area (TPSA) is 8.81 Å². The third kappa shape index (κ3) is 2.00. The van der Waals surface area contributed by atoms with Gasteiger partial charge in [0.15, 0.2) is 0 Å². The summed E-state index contributed by atoms with van der Waals surface area (Å²) in [4.78, 5) is 0. The van der Waals surface area contributed by atoms with Crippen LogP contribution in [-0.2, 0) is 0 Å². The molecule has 1 heterocycles. The van der Waals surface area contributed by atoms with Crippen LogP contribution in [0.5, 0.6) is 0 Å². The van der Waals surface area contributed by atoms with Gasteiger partial charge in [0, 0.05) is 23.7 Å². The molecule has 1 aromatic rings. The summed E-state index contributed by atoms with van der Waals surface area (Å²) in [5.74, 6) is 8.34. The molecular weight excluding hydrogens is 304 g/mol. The van der Waals surface area contributed by atoms with E-state index < -0.39 is 0 Å². The van der Waals surface area contributed by atoms with Crippen molar-refractivity contribution in [1.29, 1.82) is 0 Å². The number of imidazole rings is 1. The number of rotatable bonds is 2. The van der Waals surface area contributed by atoms with Crippen molar-refractivity contribution in [3.05, 3.63) is 18.7 Å². The minimum atomic E-state index is 0.839. The van der Waals surface area contributed by atoms with E-state index in [2.05, 4.69) is 27.9 Å². The molecule has 0 aliphatic heterocycles. The molecule has 0 N–H and O–H groups in total. The second kappa shape index (κ2) is 4.93. The molecule has 2 nitrogen and oxygen atoms in total. The number of hydrogen-bond acceptors (Lipinski definition) is 0. The Bertz CT molecular complexity index is 576. The van der Waals surface area contributed by atoms with E-state index >= 15 is 0 Å². The first-order chi connectivity index (χ1) is 12.3. The van der Waals surface area contributed by atoms with Gasteiger partial charge in [0.05, 0.1) is 0 Å². The Morgan fingerprint density at radius 3 is 1.60 bits per heavy atom. The molecule has 8 fully saturated rings. The highest BCUT2D eigenvalue weighted by atomic mass is 15.2. The van der Waals surface area contributed by atoms with Gasteiger partial charge in [-0.25, -0.2) is 9.13 Å². The lowest BCUT2D eigenvalue weighted by Crippen LogP contribution is -2.55. The van der Waals surface area contributed by atoms with E-state index in [0.29, 0.717) is 0 Å². The summed E-state index contributed by atoms with van der Waals surface area (Å²) in [6.45, 7) is 0. The molecule has 2 heteroatoms. The van der Waals surface area contributed by atoms with Crippen LogP contribution >= 0.6 is 0 Å². The molecule has 0 amide bonds. The van der Waals surface area contributed by atoms with Gasteiger partial charge >= 0.3 is 0 Å². The molecular formula is C23H33N2+. The fourth-order valence-electron chi connectivity index (χ4n) is 9.50. The van der Waals surface area contributed by atoms with Crippen LogP contribution < -0.4 is 4.57 Å². The third-order valence-corrected chi connectivity index (χ3v) is 9.72. The predicted octanol–water partition coefficient (Wildman–Crippen LogP) is 4.77. The van der Waals surface area contributed by atoms with Crippen molar-refractivity contribution in [2.45, 2.75) is 76.3 Å². The first-order valence-electron chi connectivity index (χ1n) is 11.4. The Kier molecular flexibility index (Phi) is 2.82. The Balaban J connectivity index is 1.19. The van der Waals surface area contributed by atoms with Crippen molar-refractivity contribution in [3.8, 4) is 0 Å². The molecule has 0 radical (unpaired) electrons. The maximum Gasteiger partial charge on any atom is 0.244 e. The van der Waals surface area contributed by atoms with Gasteiger partial charge in [-0.05, 0) is 87.9 Å². The molecule has 0 aromatic carbocycles. The molecule has 25 heavy (non-hydrogen) atoms. The molecule has 0 atom stereocenters. The lowest BCUT2D eigenvalue weighted by atomic mass is 9.54. The van der Waals surface area contributed by atoms with Crippen LogP contribution in [0.1, 0.15) is 76.3 Å². The average Bonchev–Trinajstić information content (AvgIpc) is 3.02. The lowest BCUT2D eigenvalue weighted by molar-refractivity contribution is -0.743. The second-order valence-corrected chi connectivity index (χ2v) is 11.2. The van der Waals surface area contributed by atoms with E-state index in [1.54, 1.807) is 12.8 Å². The molecule has 8 bridgehead atoms. The highest BCUT2D eigenvalue weighted by molar-refractivity contribution is 5.02. The number of aromatic nitrogens is 2. The Labute approximate surface area is 152 Å². The van der Waals surface area contributed by atoms with Crippen molar-refractivity contribution in [1.82, 2.24) is 4.57 Å². The summed E-state index contributed by atoms with van der Waals surface area (Å²) in [5, 5.41) is 0. The smallest absolute Gasteiger partial charge is 0.234 e. The molecule has 9 rings (SSSR count). The first-order valence-corrected chi connectivity index (χ1v) is 11.4. The van der Waals surface area contributed by atoms with Crippen molar-refractivity contribution >= 4 is 0 Å². The fraction of sp³-hybridized carbons (Fsp3) is 0.870. The SMILES string of the molecule is c1c[n+](C2C3CC4CC(C3)CC2C4)cn1C1C2CC3CC(C2)CC1C3. The summed E-state index contributed by atoms with van der Waals surface area (Å²) < 4.78 is 5.39. The van der Waals surface area contributed by atoms with Crippen LogP contribution in [0.3, 0.4) is 0 Å². The van der Waals surface area contributed by atoms with Gasteiger partial charge in [0.25, 0.3) is 0 Å². The van der Waals surface area contributed by atoms with Crippen LogP contribution in [0.25, 0.3) is 0 Å². The van der Waals surface area contributed by atoms with E-state index in [9.17, 15) is 0 Å². The van der Waals surface area contributed by atoms with Crippen LogP contribution in [-0.4, -0.2) is 4.57 Å². The highest BCUT2D eigenvalue weighted by Gasteiger charge is 2.53. The third-order valence-electron chi connectivity index (χ3n) is 9.72. The molecule has 1 aromatic heterocycles. The second-order valence-electron chi connectivity index (χ2n) is 11.2. The average molecular weight is 338 g/mol. The highest BCUT2D eigenvalue weighted by Crippen LogP contribution is 2.59. The predicted molar refractivity (Wildman–Crippen MR) is 96.8 cm³/mol.